The number of carbonyl (C=O) groups is 2. The molecule has 1 rings (SSSR count). The number of hydrogen-bond acceptors (Lipinski definition) is 3. The van der Waals surface area contributed by atoms with Crippen LogP contribution in [-0.2, 0) is 9.59 Å². The molecule has 0 unspecified atom stereocenters. The van der Waals surface area contributed by atoms with Gasteiger partial charge in [-0.05, 0) is 18.6 Å². The van der Waals surface area contributed by atoms with Crippen LogP contribution >= 0.6 is 0 Å². The molecule has 2 N–H and O–H groups in total. The summed E-state index contributed by atoms with van der Waals surface area (Å²) in [5.41, 5.74) is 0. The zero-order chi connectivity index (χ0) is 15.0. The van der Waals surface area contributed by atoms with Gasteiger partial charge in [0.1, 0.15) is 6.04 Å². The Labute approximate surface area is 116 Å². The number of carbonyl (C=O) groups excluding carboxylic acids is 1. The van der Waals surface area contributed by atoms with Crippen LogP contribution in [0.3, 0.4) is 0 Å². The van der Waals surface area contributed by atoms with Crippen molar-refractivity contribution in [3.05, 3.63) is 30.1 Å². The Kier molecular flexibility index (Phi) is 6.49. The van der Waals surface area contributed by atoms with E-state index in [9.17, 15) is 14.0 Å². The fourth-order valence-corrected chi connectivity index (χ4v) is 1.63. The molecule has 0 spiro atoms. The summed E-state index contributed by atoms with van der Waals surface area (Å²) in [5.74, 6) is -1.91. The molecule has 0 saturated heterocycles. The Bertz CT molecular complexity index is 464. The molecule has 5 nitrogen and oxygen atoms in total. The van der Waals surface area contributed by atoms with E-state index in [0.717, 1.165) is 0 Å². The number of aliphatic carboxylic acids is 1. The van der Waals surface area contributed by atoms with E-state index in [1.807, 2.05) is 6.92 Å². The van der Waals surface area contributed by atoms with Gasteiger partial charge in [-0.3, -0.25) is 4.79 Å². The maximum atomic E-state index is 13.2. The lowest BCUT2D eigenvalue weighted by molar-refractivity contribution is -0.142. The highest BCUT2D eigenvalue weighted by atomic mass is 19.1. The molecule has 1 aromatic rings. The summed E-state index contributed by atoms with van der Waals surface area (Å²) >= 11 is 0. The molecule has 0 bridgehead atoms. The number of hydrogen-bond donors (Lipinski definition) is 2. The Balaban J connectivity index is 2.36. The normalized spacial score (nSPS) is 11.7. The molecule has 0 radical (unpaired) electrons. The molecule has 110 valence electrons. The van der Waals surface area contributed by atoms with Crippen LogP contribution in [0.5, 0.6) is 5.75 Å². The van der Waals surface area contributed by atoms with Gasteiger partial charge in [0.2, 0.25) is 5.91 Å². The Hall–Kier alpha value is -2.11. The number of ether oxygens (including phenoxy) is 1. The van der Waals surface area contributed by atoms with Crippen molar-refractivity contribution in [2.24, 2.45) is 0 Å². The number of benzene rings is 1. The molecule has 1 aromatic carbocycles. The topological polar surface area (TPSA) is 75.6 Å². The van der Waals surface area contributed by atoms with Crippen LogP contribution in [0.4, 0.5) is 4.39 Å². The third-order valence-electron chi connectivity index (χ3n) is 2.63. The monoisotopic (exact) mass is 283 g/mol. The second kappa shape index (κ2) is 8.14. The highest BCUT2D eigenvalue weighted by Gasteiger charge is 2.18. The lowest BCUT2D eigenvalue weighted by atomic mass is 10.1. The minimum atomic E-state index is -1.06. The number of nitrogens with one attached hydrogen (secondary N) is 1. The number of rotatable bonds is 8. The van der Waals surface area contributed by atoms with Crippen LogP contribution < -0.4 is 10.1 Å². The minimum absolute atomic E-state index is 0.00870. The standard InChI is InChI=1S/C14H18FNO4/c1-2-5-11(14(18)19)16-13(17)8-9-20-12-7-4-3-6-10(12)15/h3-4,6-7,11H,2,5,8-9H2,1H3,(H,16,17)(H,18,19)/t11-/m1/s1. The average molecular weight is 283 g/mol. The van der Waals surface area contributed by atoms with Crippen LogP contribution in [0.15, 0.2) is 24.3 Å². The molecule has 0 heterocycles. The van der Waals surface area contributed by atoms with Gasteiger partial charge < -0.3 is 15.2 Å². The third kappa shape index (κ3) is 5.26. The molecule has 20 heavy (non-hydrogen) atoms. The lowest BCUT2D eigenvalue weighted by Crippen LogP contribution is -2.41. The molecule has 0 saturated carbocycles. The summed E-state index contributed by atoms with van der Waals surface area (Å²) in [6, 6.07) is 5.00. The number of para-hydroxylation sites is 1. The minimum Gasteiger partial charge on any atom is -0.490 e. The van der Waals surface area contributed by atoms with E-state index in [4.69, 9.17) is 9.84 Å². The van der Waals surface area contributed by atoms with Gasteiger partial charge in [0.25, 0.3) is 0 Å². The van der Waals surface area contributed by atoms with Crippen molar-refractivity contribution in [1.29, 1.82) is 0 Å². The van der Waals surface area contributed by atoms with E-state index in [1.165, 1.54) is 18.2 Å². The van der Waals surface area contributed by atoms with Gasteiger partial charge in [-0.2, -0.15) is 0 Å². The largest absolute Gasteiger partial charge is 0.490 e. The fraction of sp³-hybridized carbons (Fsp3) is 0.429. The van der Waals surface area contributed by atoms with Crippen LogP contribution in [0.2, 0.25) is 0 Å². The van der Waals surface area contributed by atoms with E-state index in [1.54, 1.807) is 6.07 Å². The van der Waals surface area contributed by atoms with Crippen LogP contribution in [0.1, 0.15) is 26.2 Å². The van der Waals surface area contributed by atoms with Gasteiger partial charge in [-0.1, -0.05) is 25.5 Å². The first-order valence-electron chi connectivity index (χ1n) is 6.44. The van der Waals surface area contributed by atoms with Gasteiger partial charge in [-0.15, -0.1) is 0 Å². The molecule has 0 aliphatic rings. The maximum absolute atomic E-state index is 13.2. The molecule has 0 aromatic heterocycles. The lowest BCUT2D eigenvalue weighted by Gasteiger charge is -2.13. The van der Waals surface area contributed by atoms with Crippen LogP contribution in [0.25, 0.3) is 0 Å². The Morgan fingerprint density at radius 3 is 2.70 bits per heavy atom. The summed E-state index contributed by atoms with van der Waals surface area (Å²) in [6.45, 7) is 1.83. The average Bonchev–Trinajstić information content (AvgIpc) is 2.40. The van der Waals surface area contributed by atoms with Crippen molar-refractivity contribution in [2.75, 3.05) is 6.61 Å². The highest BCUT2D eigenvalue weighted by molar-refractivity contribution is 5.83. The summed E-state index contributed by atoms with van der Waals surface area (Å²) in [4.78, 5) is 22.4. The summed E-state index contributed by atoms with van der Waals surface area (Å²) < 4.78 is 18.4. The van der Waals surface area contributed by atoms with Crippen molar-refractivity contribution in [1.82, 2.24) is 5.32 Å². The molecule has 6 heteroatoms. The van der Waals surface area contributed by atoms with E-state index < -0.39 is 23.7 Å². The molecule has 0 aliphatic carbocycles. The quantitative estimate of drug-likeness (QED) is 0.764. The smallest absolute Gasteiger partial charge is 0.326 e. The van der Waals surface area contributed by atoms with Crippen molar-refractivity contribution in [2.45, 2.75) is 32.2 Å². The zero-order valence-corrected chi connectivity index (χ0v) is 11.3. The fourth-order valence-electron chi connectivity index (χ4n) is 1.63. The number of halogens is 1. The summed E-state index contributed by atoms with van der Waals surface area (Å²) in [5, 5.41) is 11.3. The third-order valence-corrected chi connectivity index (χ3v) is 2.63. The molecule has 1 amide bonds. The summed E-state index contributed by atoms with van der Waals surface area (Å²) in [7, 11) is 0. The molecular weight excluding hydrogens is 265 g/mol. The molecule has 1 atom stereocenters. The molecule has 0 aliphatic heterocycles. The Morgan fingerprint density at radius 2 is 2.10 bits per heavy atom. The number of carboxylic acid groups (broad SMARTS) is 1. The highest BCUT2D eigenvalue weighted by Crippen LogP contribution is 2.15. The Morgan fingerprint density at radius 1 is 1.40 bits per heavy atom. The zero-order valence-electron chi connectivity index (χ0n) is 11.3. The van der Waals surface area contributed by atoms with Crippen molar-refractivity contribution < 1.29 is 23.8 Å². The second-order valence-electron chi connectivity index (χ2n) is 4.28. The van der Waals surface area contributed by atoms with E-state index in [2.05, 4.69) is 5.32 Å². The SMILES string of the molecule is CCC[C@@H](NC(=O)CCOc1ccccc1F)C(=O)O. The molecular formula is C14H18FNO4. The number of amides is 1. The van der Waals surface area contributed by atoms with Crippen LogP contribution in [0, 0.1) is 5.82 Å². The van der Waals surface area contributed by atoms with Gasteiger partial charge in [0, 0.05) is 0 Å². The van der Waals surface area contributed by atoms with Crippen molar-refractivity contribution >= 4 is 11.9 Å². The predicted molar refractivity (Wildman–Crippen MR) is 71.0 cm³/mol. The molecule has 0 fully saturated rings. The first kappa shape index (κ1) is 15.9. The maximum Gasteiger partial charge on any atom is 0.326 e. The second-order valence-corrected chi connectivity index (χ2v) is 4.28. The summed E-state index contributed by atoms with van der Waals surface area (Å²) in [6.07, 6.45) is 1.00. The van der Waals surface area contributed by atoms with Gasteiger partial charge in [0.15, 0.2) is 11.6 Å². The van der Waals surface area contributed by atoms with E-state index in [-0.39, 0.29) is 18.8 Å². The van der Waals surface area contributed by atoms with Gasteiger partial charge >= 0.3 is 5.97 Å². The first-order valence-corrected chi connectivity index (χ1v) is 6.44. The van der Waals surface area contributed by atoms with Gasteiger partial charge in [0.05, 0.1) is 13.0 Å². The van der Waals surface area contributed by atoms with E-state index in [0.29, 0.717) is 12.8 Å². The van der Waals surface area contributed by atoms with E-state index >= 15 is 0 Å². The predicted octanol–water partition coefficient (Wildman–Crippen LogP) is 1.96. The number of carboxylic acids is 1. The van der Waals surface area contributed by atoms with Gasteiger partial charge in [-0.25, -0.2) is 9.18 Å². The van der Waals surface area contributed by atoms with Crippen LogP contribution in [-0.4, -0.2) is 29.6 Å². The van der Waals surface area contributed by atoms with Crippen molar-refractivity contribution in [3.8, 4) is 5.75 Å². The van der Waals surface area contributed by atoms with Crippen molar-refractivity contribution in [3.63, 3.8) is 0 Å². The first-order chi connectivity index (χ1) is 9.54.